The lowest BCUT2D eigenvalue weighted by atomic mass is 10.2. The largest absolute Gasteiger partial charge is 0.468 e. The number of furan rings is 1. The number of nitrogens with one attached hydrogen (secondary N) is 2. The second kappa shape index (κ2) is 9.31. The van der Waals surface area contributed by atoms with Crippen molar-refractivity contribution in [3.63, 3.8) is 0 Å². The summed E-state index contributed by atoms with van der Waals surface area (Å²) in [4.78, 5) is 12.0. The van der Waals surface area contributed by atoms with E-state index in [4.69, 9.17) is 4.42 Å². The molecule has 0 atom stereocenters. The van der Waals surface area contributed by atoms with Crippen LogP contribution >= 0.6 is 0 Å². The highest BCUT2D eigenvalue weighted by Crippen LogP contribution is 2.13. The number of hydrogen-bond donors (Lipinski definition) is 2. The minimum absolute atomic E-state index is 0.0547. The van der Waals surface area contributed by atoms with Gasteiger partial charge in [-0.25, -0.2) is 17.5 Å². The number of carbonyl (C=O) groups excluding carboxylic acids is 1. The first kappa shape index (κ1) is 20.5. The maximum absolute atomic E-state index is 13.5. The van der Waals surface area contributed by atoms with Crippen molar-refractivity contribution in [3.05, 3.63) is 95.7 Å². The van der Waals surface area contributed by atoms with Gasteiger partial charge in [-0.1, -0.05) is 30.3 Å². The molecule has 0 fully saturated rings. The third-order valence-electron chi connectivity index (χ3n) is 4.04. The zero-order valence-electron chi connectivity index (χ0n) is 15.3. The fraction of sp³-hybridized carbons (Fsp3) is 0.0952. The second-order valence-electron chi connectivity index (χ2n) is 6.12. The molecule has 150 valence electrons. The molecule has 2 aromatic carbocycles. The molecule has 1 aromatic heterocycles. The summed E-state index contributed by atoms with van der Waals surface area (Å²) in [6.07, 6.45) is 4.32. The highest BCUT2D eigenvalue weighted by atomic mass is 32.2. The molecule has 0 saturated carbocycles. The van der Waals surface area contributed by atoms with E-state index in [0.29, 0.717) is 16.9 Å². The predicted octanol–water partition coefficient (Wildman–Crippen LogP) is 3.23. The fourth-order valence-corrected chi connectivity index (χ4v) is 3.47. The number of sulfonamides is 1. The smallest absolute Gasteiger partial charge is 0.244 e. The van der Waals surface area contributed by atoms with Gasteiger partial charge < -0.3 is 9.73 Å². The molecule has 0 aliphatic rings. The molecule has 0 aliphatic carbocycles. The molecule has 1 heterocycles. The van der Waals surface area contributed by atoms with Crippen molar-refractivity contribution in [1.82, 2.24) is 10.0 Å². The van der Waals surface area contributed by atoms with Crippen LogP contribution in [0, 0.1) is 5.82 Å². The van der Waals surface area contributed by atoms with Crippen molar-refractivity contribution < 1.29 is 22.0 Å². The summed E-state index contributed by atoms with van der Waals surface area (Å²) in [5.41, 5.74) is 1.04. The van der Waals surface area contributed by atoms with E-state index in [1.807, 2.05) is 0 Å². The van der Waals surface area contributed by atoms with E-state index in [1.165, 1.54) is 30.5 Å². The Morgan fingerprint density at radius 1 is 1.00 bits per heavy atom. The summed E-state index contributed by atoms with van der Waals surface area (Å²) >= 11 is 0. The van der Waals surface area contributed by atoms with Gasteiger partial charge in [-0.15, -0.1) is 0 Å². The molecule has 0 radical (unpaired) electrons. The van der Waals surface area contributed by atoms with Crippen molar-refractivity contribution >= 4 is 22.0 Å². The Balaban J connectivity index is 1.55. The van der Waals surface area contributed by atoms with E-state index in [1.54, 1.807) is 48.5 Å². The van der Waals surface area contributed by atoms with Crippen molar-refractivity contribution in [2.45, 2.75) is 18.0 Å². The van der Waals surface area contributed by atoms with E-state index < -0.39 is 10.0 Å². The van der Waals surface area contributed by atoms with E-state index >= 15 is 0 Å². The third kappa shape index (κ3) is 5.87. The van der Waals surface area contributed by atoms with Crippen LogP contribution < -0.4 is 10.0 Å². The normalized spacial score (nSPS) is 11.6. The predicted molar refractivity (Wildman–Crippen MR) is 106 cm³/mol. The van der Waals surface area contributed by atoms with Gasteiger partial charge in [0.1, 0.15) is 11.6 Å². The van der Waals surface area contributed by atoms with Gasteiger partial charge in [-0.05, 0) is 42.0 Å². The maximum Gasteiger partial charge on any atom is 0.244 e. The SMILES string of the molecule is O=C(/C=C/c1ccc(S(=O)(=O)NCc2ccco2)cc1)NCc1ccccc1F. The number of rotatable bonds is 8. The van der Waals surface area contributed by atoms with Crippen molar-refractivity contribution in [3.8, 4) is 0 Å². The van der Waals surface area contributed by atoms with Crippen LogP contribution in [0.2, 0.25) is 0 Å². The van der Waals surface area contributed by atoms with E-state index in [2.05, 4.69) is 10.0 Å². The molecular weight excluding hydrogens is 395 g/mol. The zero-order valence-corrected chi connectivity index (χ0v) is 16.2. The van der Waals surface area contributed by atoms with Crippen molar-refractivity contribution in [1.29, 1.82) is 0 Å². The zero-order chi connectivity index (χ0) is 20.7. The fourth-order valence-electron chi connectivity index (χ4n) is 2.48. The van der Waals surface area contributed by atoms with Gasteiger partial charge in [0.2, 0.25) is 15.9 Å². The Labute approximate surface area is 168 Å². The standard InChI is InChI=1S/C21H19FN2O4S/c22-20-6-2-1-4-17(20)14-23-21(25)12-9-16-7-10-19(11-8-16)29(26,27)24-15-18-5-3-13-28-18/h1-13,24H,14-15H2,(H,23,25)/b12-9+. The second-order valence-corrected chi connectivity index (χ2v) is 7.88. The highest BCUT2D eigenvalue weighted by molar-refractivity contribution is 7.89. The average Bonchev–Trinajstić information content (AvgIpc) is 3.24. The summed E-state index contributed by atoms with van der Waals surface area (Å²) in [7, 11) is -3.68. The number of amides is 1. The lowest BCUT2D eigenvalue weighted by Gasteiger charge is -2.06. The van der Waals surface area contributed by atoms with Crippen LogP contribution in [0.25, 0.3) is 6.08 Å². The van der Waals surface area contributed by atoms with Crippen LogP contribution in [0.15, 0.2) is 82.3 Å². The number of benzene rings is 2. The van der Waals surface area contributed by atoms with Gasteiger partial charge in [-0.2, -0.15) is 0 Å². The monoisotopic (exact) mass is 414 g/mol. The molecule has 2 N–H and O–H groups in total. The minimum atomic E-state index is -3.68. The number of hydrogen-bond acceptors (Lipinski definition) is 4. The third-order valence-corrected chi connectivity index (χ3v) is 5.46. The van der Waals surface area contributed by atoms with Crippen LogP contribution in [0.1, 0.15) is 16.9 Å². The van der Waals surface area contributed by atoms with Crippen molar-refractivity contribution in [2.24, 2.45) is 0 Å². The first-order chi connectivity index (χ1) is 13.9. The maximum atomic E-state index is 13.5. The quantitative estimate of drug-likeness (QED) is 0.554. The molecule has 0 spiro atoms. The molecular formula is C21H19FN2O4S. The number of carbonyl (C=O) groups is 1. The molecule has 3 rings (SSSR count). The number of halogens is 1. The topological polar surface area (TPSA) is 88.4 Å². The van der Waals surface area contributed by atoms with Crippen LogP contribution in [0.4, 0.5) is 4.39 Å². The first-order valence-electron chi connectivity index (χ1n) is 8.75. The van der Waals surface area contributed by atoms with Gasteiger partial charge in [0.25, 0.3) is 0 Å². The van der Waals surface area contributed by atoms with Gasteiger partial charge in [-0.3, -0.25) is 4.79 Å². The molecule has 29 heavy (non-hydrogen) atoms. The summed E-state index contributed by atoms with van der Waals surface area (Å²) < 4.78 is 45.7. The summed E-state index contributed by atoms with van der Waals surface area (Å²) in [5, 5.41) is 2.60. The molecule has 0 unspecified atom stereocenters. The lowest BCUT2D eigenvalue weighted by Crippen LogP contribution is -2.22. The Kier molecular flexibility index (Phi) is 6.58. The van der Waals surface area contributed by atoms with Crippen LogP contribution in [-0.2, 0) is 27.9 Å². The highest BCUT2D eigenvalue weighted by Gasteiger charge is 2.14. The van der Waals surface area contributed by atoms with Crippen LogP contribution in [-0.4, -0.2) is 14.3 Å². The molecule has 0 aliphatic heterocycles. The average molecular weight is 414 g/mol. The summed E-state index contributed by atoms with van der Waals surface area (Å²) in [6, 6.07) is 15.6. The van der Waals surface area contributed by atoms with Gasteiger partial charge in [0.05, 0.1) is 17.7 Å². The van der Waals surface area contributed by atoms with Crippen LogP contribution in [0.3, 0.4) is 0 Å². The summed E-state index contributed by atoms with van der Waals surface area (Å²) in [5.74, 6) is -0.256. The minimum Gasteiger partial charge on any atom is -0.468 e. The molecule has 0 saturated heterocycles. The van der Waals surface area contributed by atoms with Gasteiger partial charge in [0, 0.05) is 18.2 Å². The Morgan fingerprint density at radius 3 is 2.45 bits per heavy atom. The molecule has 6 nitrogen and oxygen atoms in total. The Morgan fingerprint density at radius 2 is 1.76 bits per heavy atom. The van der Waals surface area contributed by atoms with Gasteiger partial charge in [0.15, 0.2) is 0 Å². The Hall–Kier alpha value is -3.23. The summed E-state index contributed by atoms with van der Waals surface area (Å²) in [6.45, 7) is 0.132. The van der Waals surface area contributed by atoms with E-state index in [-0.39, 0.29) is 29.7 Å². The van der Waals surface area contributed by atoms with E-state index in [0.717, 1.165) is 0 Å². The molecule has 8 heteroatoms. The van der Waals surface area contributed by atoms with Crippen molar-refractivity contribution in [2.75, 3.05) is 0 Å². The van der Waals surface area contributed by atoms with E-state index in [9.17, 15) is 17.6 Å². The molecule has 1 amide bonds. The molecule has 0 bridgehead atoms. The lowest BCUT2D eigenvalue weighted by molar-refractivity contribution is -0.116. The van der Waals surface area contributed by atoms with Gasteiger partial charge >= 0.3 is 0 Å². The Bertz CT molecular complexity index is 1090. The first-order valence-corrected chi connectivity index (χ1v) is 10.2. The molecule has 3 aromatic rings. The van der Waals surface area contributed by atoms with Crippen LogP contribution in [0.5, 0.6) is 0 Å².